The molecule has 1 aromatic heterocycles. The Kier molecular flexibility index (Phi) is 4.93. The summed E-state index contributed by atoms with van der Waals surface area (Å²) in [6.45, 7) is 6.07. The van der Waals surface area contributed by atoms with Crippen LogP contribution in [0, 0.1) is 0 Å². The number of piperazine rings is 1. The molecule has 4 rings (SSSR count). The Morgan fingerprint density at radius 1 is 1.31 bits per heavy atom. The fourth-order valence-corrected chi connectivity index (χ4v) is 4.44. The number of fused-ring (bicyclic) bond motifs is 2. The normalized spacial score (nSPS) is 22.0. The smallest absolute Gasteiger partial charge is 0.419 e. The van der Waals surface area contributed by atoms with Crippen molar-refractivity contribution < 1.29 is 19.1 Å². The van der Waals surface area contributed by atoms with Gasteiger partial charge in [0.1, 0.15) is 17.7 Å². The Bertz CT molecular complexity index is 1010. The summed E-state index contributed by atoms with van der Waals surface area (Å²) in [6, 6.07) is 4.68. The van der Waals surface area contributed by atoms with Gasteiger partial charge in [-0.1, -0.05) is 22.0 Å². The van der Waals surface area contributed by atoms with Gasteiger partial charge in [-0.2, -0.15) is 0 Å². The molecule has 2 aromatic rings. The molecule has 2 atom stereocenters. The Morgan fingerprint density at radius 3 is 2.79 bits per heavy atom. The monoisotopic (exact) mass is 461 g/mol. The van der Waals surface area contributed by atoms with Crippen molar-refractivity contribution in [3.63, 3.8) is 0 Å². The highest BCUT2D eigenvalue weighted by atomic mass is 79.9. The van der Waals surface area contributed by atoms with Gasteiger partial charge in [-0.3, -0.25) is 14.2 Å². The fraction of sp³-hybridized carbons (Fsp3) is 0.476. The third kappa shape index (κ3) is 3.77. The highest BCUT2D eigenvalue weighted by molar-refractivity contribution is 9.10. The van der Waals surface area contributed by atoms with Gasteiger partial charge in [0.25, 0.3) is 0 Å². The predicted octanol–water partition coefficient (Wildman–Crippen LogP) is 3.22. The van der Waals surface area contributed by atoms with Crippen molar-refractivity contribution >= 4 is 44.7 Å². The van der Waals surface area contributed by atoms with Crippen molar-refractivity contribution in [1.29, 1.82) is 0 Å². The maximum Gasteiger partial charge on any atom is 0.419 e. The first-order chi connectivity index (χ1) is 13.6. The van der Waals surface area contributed by atoms with E-state index in [-0.39, 0.29) is 17.9 Å². The molecule has 2 amide bonds. The van der Waals surface area contributed by atoms with Crippen LogP contribution in [0.1, 0.15) is 39.2 Å². The van der Waals surface area contributed by atoms with E-state index >= 15 is 0 Å². The molecule has 0 saturated carbocycles. The fourth-order valence-electron chi connectivity index (χ4n) is 4.09. The SMILES string of the molecule is CC(C)(C)OC(=O)n1cc(C[C@@H]2NC(=O)[C@@H]3CCCN3C2=O)c2ccc(Br)cc21. The van der Waals surface area contributed by atoms with E-state index in [0.717, 1.165) is 28.3 Å². The molecule has 2 fully saturated rings. The Morgan fingerprint density at radius 2 is 2.07 bits per heavy atom. The summed E-state index contributed by atoms with van der Waals surface area (Å²) in [6.07, 6.45) is 3.12. The molecule has 1 N–H and O–H groups in total. The van der Waals surface area contributed by atoms with Crippen LogP contribution in [-0.4, -0.2) is 51.6 Å². The van der Waals surface area contributed by atoms with Crippen LogP contribution in [0.3, 0.4) is 0 Å². The molecule has 154 valence electrons. The zero-order valence-electron chi connectivity index (χ0n) is 16.7. The van der Waals surface area contributed by atoms with Crippen LogP contribution in [0.25, 0.3) is 10.9 Å². The predicted molar refractivity (Wildman–Crippen MR) is 112 cm³/mol. The third-order valence-electron chi connectivity index (χ3n) is 5.32. The summed E-state index contributed by atoms with van der Waals surface area (Å²) in [5, 5.41) is 3.73. The van der Waals surface area contributed by atoms with Crippen molar-refractivity contribution in [2.75, 3.05) is 6.54 Å². The Hall–Kier alpha value is -2.35. The lowest BCUT2D eigenvalue weighted by Gasteiger charge is -2.34. The third-order valence-corrected chi connectivity index (χ3v) is 5.81. The van der Waals surface area contributed by atoms with Gasteiger partial charge in [0.05, 0.1) is 5.52 Å². The lowest BCUT2D eigenvalue weighted by atomic mass is 10.0. The van der Waals surface area contributed by atoms with Gasteiger partial charge in [-0.05, 0) is 51.3 Å². The number of halogens is 1. The van der Waals surface area contributed by atoms with Crippen LogP contribution < -0.4 is 5.32 Å². The molecule has 2 aliphatic rings. The molecule has 0 radical (unpaired) electrons. The first-order valence-electron chi connectivity index (χ1n) is 9.78. The van der Waals surface area contributed by atoms with E-state index in [9.17, 15) is 14.4 Å². The van der Waals surface area contributed by atoms with Crippen molar-refractivity contribution in [1.82, 2.24) is 14.8 Å². The Balaban J connectivity index is 1.68. The minimum absolute atomic E-state index is 0.0534. The molecule has 8 heteroatoms. The maximum atomic E-state index is 12.9. The number of hydrogen-bond donors (Lipinski definition) is 1. The van der Waals surface area contributed by atoms with Crippen LogP contribution in [0.4, 0.5) is 4.79 Å². The van der Waals surface area contributed by atoms with Gasteiger partial charge in [0.15, 0.2) is 0 Å². The van der Waals surface area contributed by atoms with Crippen LogP contribution in [0.15, 0.2) is 28.9 Å². The van der Waals surface area contributed by atoms with E-state index < -0.39 is 17.7 Å². The van der Waals surface area contributed by atoms with Gasteiger partial charge in [0.2, 0.25) is 11.8 Å². The number of benzene rings is 1. The summed E-state index contributed by atoms with van der Waals surface area (Å²) < 4.78 is 7.84. The number of ether oxygens (including phenoxy) is 1. The molecule has 0 unspecified atom stereocenters. The van der Waals surface area contributed by atoms with E-state index in [1.807, 2.05) is 39.0 Å². The molecule has 0 spiro atoms. The molecule has 7 nitrogen and oxygen atoms in total. The van der Waals surface area contributed by atoms with Crippen molar-refractivity contribution in [3.8, 4) is 0 Å². The average molecular weight is 462 g/mol. The average Bonchev–Trinajstić information content (AvgIpc) is 3.23. The summed E-state index contributed by atoms with van der Waals surface area (Å²) in [4.78, 5) is 39.7. The number of carbonyl (C=O) groups is 3. The number of nitrogens with one attached hydrogen (secondary N) is 1. The van der Waals surface area contributed by atoms with Gasteiger partial charge in [-0.15, -0.1) is 0 Å². The molecule has 29 heavy (non-hydrogen) atoms. The quantitative estimate of drug-likeness (QED) is 0.744. The highest BCUT2D eigenvalue weighted by Gasteiger charge is 2.43. The van der Waals surface area contributed by atoms with Crippen LogP contribution in [0.2, 0.25) is 0 Å². The molecule has 0 aliphatic carbocycles. The minimum atomic E-state index is -0.627. The molecular weight excluding hydrogens is 438 g/mol. The van der Waals surface area contributed by atoms with E-state index in [4.69, 9.17) is 4.74 Å². The van der Waals surface area contributed by atoms with Gasteiger partial charge >= 0.3 is 6.09 Å². The standard InChI is InChI=1S/C21H24BrN3O4/c1-21(2,3)29-20(28)25-11-12(14-7-6-13(22)10-17(14)25)9-15-19(27)24-8-4-5-16(24)18(26)23-15/h6-7,10-11,15-16H,4-5,8-9H2,1-3H3,(H,23,26)/t15-,16-/m0/s1. The lowest BCUT2D eigenvalue weighted by Crippen LogP contribution is -2.61. The zero-order chi connectivity index (χ0) is 20.9. The number of hydrogen-bond acceptors (Lipinski definition) is 4. The topological polar surface area (TPSA) is 80.6 Å². The first kappa shape index (κ1) is 19.9. The van der Waals surface area contributed by atoms with E-state index in [1.165, 1.54) is 4.57 Å². The lowest BCUT2D eigenvalue weighted by molar-refractivity contribution is -0.146. The number of aromatic nitrogens is 1. The van der Waals surface area contributed by atoms with Crippen molar-refractivity contribution in [2.45, 2.75) is 57.7 Å². The first-order valence-corrected chi connectivity index (χ1v) is 10.6. The number of rotatable bonds is 2. The van der Waals surface area contributed by atoms with Crippen molar-refractivity contribution in [3.05, 3.63) is 34.4 Å². The molecule has 2 saturated heterocycles. The second-order valence-electron chi connectivity index (χ2n) is 8.62. The second-order valence-corrected chi connectivity index (χ2v) is 9.54. The van der Waals surface area contributed by atoms with Crippen LogP contribution in [0.5, 0.6) is 0 Å². The largest absolute Gasteiger partial charge is 0.443 e. The van der Waals surface area contributed by atoms with Crippen LogP contribution in [-0.2, 0) is 20.7 Å². The number of amides is 2. The summed E-state index contributed by atoms with van der Waals surface area (Å²) in [7, 11) is 0. The van der Waals surface area contributed by atoms with Gasteiger partial charge in [-0.25, -0.2) is 4.79 Å². The molecular formula is C21H24BrN3O4. The highest BCUT2D eigenvalue weighted by Crippen LogP contribution is 2.29. The van der Waals surface area contributed by atoms with Crippen LogP contribution >= 0.6 is 15.9 Å². The summed E-state index contributed by atoms with van der Waals surface area (Å²) >= 11 is 3.45. The van der Waals surface area contributed by atoms with Gasteiger partial charge in [0, 0.05) is 29.0 Å². The summed E-state index contributed by atoms with van der Waals surface area (Å²) in [5.41, 5.74) is 0.879. The van der Waals surface area contributed by atoms with Gasteiger partial charge < -0.3 is 15.0 Å². The van der Waals surface area contributed by atoms with E-state index in [0.29, 0.717) is 18.5 Å². The molecule has 3 heterocycles. The summed E-state index contributed by atoms with van der Waals surface area (Å²) in [5.74, 6) is -0.145. The minimum Gasteiger partial charge on any atom is -0.443 e. The van der Waals surface area contributed by atoms with E-state index in [1.54, 1.807) is 11.1 Å². The number of carbonyl (C=O) groups excluding carboxylic acids is 3. The zero-order valence-corrected chi connectivity index (χ0v) is 18.3. The number of nitrogens with zero attached hydrogens (tertiary/aromatic N) is 2. The van der Waals surface area contributed by atoms with E-state index in [2.05, 4.69) is 21.2 Å². The maximum absolute atomic E-state index is 12.9. The Labute approximate surface area is 177 Å². The molecule has 0 bridgehead atoms. The second kappa shape index (κ2) is 7.16. The molecule has 2 aliphatic heterocycles. The van der Waals surface area contributed by atoms with Crippen molar-refractivity contribution in [2.24, 2.45) is 0 Å². The molecule has 1 aromatic carbocycles.